The molecule has 0 unspecified atom stereocenters. The fraction of sp³-hybridized carbons (Fsp3) is 0.576. The number of benzene rings is 1. The predicted molar refractivity (Wildman–Crippen MR) is 178 cm³/mol. The Morgan fingerprint density at radius 2 is 1.30 bits per heavy atom. The van der Waals surface area contributed by atoms with E-state index in [9.17, 15) is 24.0 Å². The van der Waals surface area contributed by atoms with Crippen LogP contribution in [0.4, 0.5) is 0 Å². The van der Waals surface area contributed by atoms with Crippen molar-refractivity contribution in [3.05, 3.63) is 54.1 Å². The zero-order valence-electron chi connectivity index (χ0n) is 28.5. The van der Waals surface area contributed by atoms with Crippen LogP contribution in [0.3, 0.4) is 0 Å². The first-order valence-corrected chi connectivity index (χ1v) is 16.0. The molecule has 14 nitrogen and oxygen atoms in total. The van der Waals surface area contributed by atoms with Gasteiger partial charge in [-0.1, -0.05) is 71.9 Å². The van der Waals surface area contributed by atoms with Crippen LogP contribution in [0, 0.1) is 17.8 Å². The number of amides is 4. The number of nitrogens with one attached hydrogen (secondary N) is 4. The molecule has 0 fully saturated rings. The summed E-state index contributed by atoms with van der Waals surface area (Å²) in [6.45, 7) is 11.1. The standard InChI is InChI=1S/C33H52N8O6/c1-19(2)13-25(37-29(42)24(34)16-23-17-41(35)18-36-23)30(43)38-26(14-20(3)4)31(44)40-28(21(5)6)32(45)39-27(33(46)47-7)15-22-11-9-8-10-12-22/h8-12,17-21,24-28H,13-16,34-35H2,1-7H3,(H,37,42)(H,38,43)(H,39,45)(H,40,44)/t24-,25-,26-,27-,28-/m0/s1. The Morgan fingerprint density at radius 3 is 1.79 bits per heavy atom. The van der Waals surface area contributed by atoms with Gasteiger partial charge in [0.2, 0.25) is 23.6 Å². The Hall–Kier alpha value is -4.46. The number of nitrogen functional groups attached to an aromatic ring is 1. The van der Waals surface area contributed by atoms with Gasteiger partial charge in [0.1, 0.15) is 30.5 Å². The molecule has 0 aliphatic heterocycles. The van der Waals surface area contributed by atoms with Crippen molar-refractivity contribution in [3.8, 4) is 0 Å². The minimum Gasteiger partial charge on any atom is -0.467 e. The topological polar surface area (TPSA) is 213 Å². The van der Waals surface area contributed by atoms with E-state index in [1.54, 1.807) is 20.0 Å². The van der Waals surface area contributed by atoms with Gasteiger partial charge in [-0.15, -0.1) is 0 Å². The molecule has 0 spiro atoms. The monoisotopic (exact) mass is 656 g/mol. The quantitative estimate of drug-likeness (QED) is 0.0976. The van der Waals surface area contributed by atoms with Crippen molar-refractivity contribution in [2.24, 2.45) is 23.5 Å². The molecule has 2 aromatic rings. The summed E-state index contributed by atoms with van der Waals surface area (Å²) in [5.41, 5.74) is 7.45. The van der Waals surface area contributed by atoms with E-state index >= 15 is 0 Å². The van der Waals surface area contributed by atoms with Crippen LogP contribution in [0.1, 0.15) is 65.6 Å². The van der Waals surface area contributed by atoms with Gasteiger partial charge >= 0.3 is 5.97 Å². The summed E-state index contributed by atoms with van der Waals surface area (Å²) in [6, 6.07) is 4.23. The third-order valence-electron chi connectivity index (χ3n) is 7.43. The first-order valence-electron chi connectivity index (χ1n) is 16.0. The Kier molecular flexibility index (Phi) is 15.3. The van der Waals surface area contributed by atoms with E-state index < -0.39 is 59.8 Å². The minimum atomic E-state index is -1.02. The highest BCUT2D eigenvalue weighted by Crippen LogP contribution is 2.12. The van der Waals surface area contributed by atoms with Gasteiger partial charge in [-0.3, -0.25) is 23.9 Å². The molecule has 0 saturated heterocycles. The SMILES string of the molecule is COC(=O)[C@H](Cc1ccccc1)NC(=O)[C@@H](NC(=O)[C@H](CC(C)C)NC(=O)[C@H](CC(C)C)NC(=O)[C@@H](N)Cc1cn(N)cn1)C(C)C. The molecule has 4 amide bonds. The lowest BCUT2D eigenvalue weighted by Gasteiger charge is -2.29. The van der Waals surface area contributed by atoms with Gasteiger partial charge in [0, 0.05) is 19.0 Å². The van der Waals surface area contributed by atoms with Crippen LogP contribution >= 0.6 is 0 Å². The van der Waals surface area contributed by atoms with Crippen molar-refractivity contribution in [2.75, 3.05) is 13.0 Å². The summed E-state index contributed by atoms with van der Waals surface area (Å²) in [7, 11) is 1.24. The number of aromatic nitrogens is 2. The van der Waals surface area contributed by atoms with E-state index in [2.05, 4.69) is 26.3 Å². The summed E-state index contributed by atoms with van der Waals surface area (Å²) in [6.07, 6.45) is 3.82. The lowest BCUT2D eigenvalue weighted by atomic mass is 9.98. The summed E-state index contributed by atoms with van der Waals surface area (Å²) in [5, 5.41) is 11.0. The molecule has 0 radical (unpaired) electrons. The Bertz CT molecular complexity index is 1330. The van der Waals surface area contributed by atoms with E-state index in [4.69, 9.17) is 16.3 Å². The van der Waals surface area contributed by atoms with Gasteiger partial charge in [0.25, 0.3) is 0 Å². The van der Waals surface area contributed by atoms with Crippen LogP contribution in [-0.2, 0) is 41.6 Å². The summed E-state index contributed by atoms with van der Waals surface area (Å²) in [4.78, 5) is 70.3. The van der Waals surface area contributed by atoms with Crippen molar-refractivity contribution in [1.29, 1.82) is 0 Å². The van der Waals surface area contributed by atoms with Crippen LogP contribution in [0.25, 0.3) is 0 Å². The van der Waals surface area contributed by atoms with Gasteiger partial charge < -0.3 is 37.6 Å². The maximum Gasteiger partial charge on any atom is 0.328 e. The number of esters is 1. The first kappa shape index (κ1) is 38.7. The average molecular weight is 657 g/mol. The van der Waals surface area contributed by atoms with Crippen LogP contribution in [0.2, 0.25) is 0 Å². The number of methoxy groups -OCH3 is 1. The first-order chi connectivity index (χ1) is 22.1. The third-order valence-corrected chi connectivity index (χ3v) is 7.43. The second-order valence-corrected chi connectivity index (χ2v) is 13.0. The molecule has 1 aromatic heterocycles. The maximum absolute atomic E-state index is 13.7. The highest BCUT2D eigenvalue weighted by Gasteiger charge is 2.34. The Labute approximate surface area is 277 Å². The molecular weight excluding hydrogens is 604 g/mol. The molecule has 0 saturated carbocycles. The molecule has 14 heteroatoms. The molecule has 2 rings (SSSR count). The molecule has 0 aliphatic rings. The summed E-state index contributed by atoms with van der Waals surface area (Å²) < 4.78 is 6.17. The fourth-order valence-corrected chi connectivity index (χ4v) is 5.00. The Morgan fingerprint density at radius 1 is 0.766 bits per heavy atom. The molecule has 5 atom stereocenters. The molecule has 0 aliphatic carbocycles. The fourth-order valence-electron chi connectivity index (χ4n) is 5.00. The maximum atomic E-state index is 13.7. The molecular formula is C33H52N8O6. The van der Waals surface area contributed by atoms with Gasteiger partial charge in [-0.25, -0.2) is 9.78 Å². The number of carbonyl (C=O) groups is 5. The van der Waals surface area contributed by atoms with Crippen molar-refractivity contribution < 1.29 is 28.7 Å². The lowest BCUT2D eigenvalue weighted by Crippen LogP contribution is -2.60. The van der Waals surface area contributed by atoms with Gasteiger partial charge in [-0.2, -0.15) is 0 Å². The van der Waals surface area contributed by atoms with E-state index in [0.29, 0.717) is 12.1 Å². The highest BCUT2D eigenvalue weighted by atomic mass is 16.5. The van der Waals surface area contributed by atoms with Crippen LogP contribution < -0.4 is 32.8 Å². The molecule has 260 valence electrons. The second-order valence-electron chi connectivity index (χ2n) is 13.0. The van der Waals surface area contributed by atoms with Crippen molar-refractivity contribution >= 4 is 29.6 Å². The number of hydrogen-bond acceptors (Lipinski definition) is 9. The lowest BCUT2D eigenvalue weighted by molar-refractivity contribution is -0.145. The molecule has 47 heavy (non-hydrogen) atoms. The van der Waals surface area contributed by atoms with Crippen LogP contribution in [-0.4, -0.2) is 76.6 Å². The zero-order valence-corrected chi connectivity index (χ0v) is 28.5. The summed E-state index contributed by atoms with van der Waals surface area (Å²) in [5.74, 6) is 2.45. The summed E-state index contributed by atoms with van der Waals surface area (Å²) >= 11 is 0. The predicted octanol–water partition coefficient (Wildman–Crippen LogP) is 0.570. The molecule has 8 N–H and O–H groups in total. The number of hydrogen-bond donors (Lipinski definition) is 6. The van der Waals surface area contributed by atoms with Crippen molar-refractivity contribution in [1.82, 2.24) is 30.9 Å². The number of carbonyl (C=O) groups excluding carboxylic acids is 5. The average Bonchev–Trinajstić information content (AvgIpc) is 3.41. The smallest absolute Gasteiger partial charge is 0.328 e. The van der Waals surface area contributed by atoms with Crippen molar-refractivity contribution in [2.45, 2.75) is 97.4 Å². The van der Waals surface area contributed by atoms with Crippen LogP contribution in [0.5, 0.6) is 0 Å². The largest absolute Gasteiger partial charge is 0.467 e. The highest BCUT2D eigenvalue weighted by molar-refractivity contribution is 5.95. The molecule has 1 aromatic carbocycles. The number of ether oxygens (including phenoxy) is 1. The van der Waals surface area contributed by atoms with Crippen molar-refractivity contribution in [3.63, 3.8) is 0 Å². The number of imidazole rings is 1. The number of nitrogens with zero attached hydrogens (tertiary/aromatic N) is 2. The van der Waals surface area contributed by atoms with E-state index in [1.807, 2.05) is 58.0 Å². The van der Waals surface area contributed by atoms with E-state index in [0.717, 1.165) is 5.56 Å². The van der Waals surface area contributed by atoms with Crippen LogP contribution in [0.15, 0.2) is 42.9 Å². The van der Waals surface area contributed by atoms with Gasteiger partial charge in [-0.05, 0) is 36.2 Å². The second kappa shape index (κ2) is 18.6. The Balaban J connectivity index is 2.18. The number of rotatable bonds is 18. The zero-order chi connectivity index (χ0) is 35.3. The number of nitrogens with two attached hydrogens (primary N) is 2. The van der Waals surface area contributed by atoms with E-state index in [1.165, 1.54) is 18.1 Å². The third kappa shape index (κ3) is 13.1. The van der Waals surface area contributed by atoms with Gasteiger partial charge in [0.05, 0.1) is 18.8 Å². The van der Waals surface area contributed by atoms with Gasteiger partial charge in [0.15, 0.2) is 0 Å². The molecule has 1 heterocycles. The molecule has 0 bridgehead atoms. The normalized spacial score (nSPS) is 14.5. The van der Waals surface area contributed by atoms with E-state index in [-0.39, 0.29) is 37.0 Å². The minimum absolute atomic E-state index is 0.000804.